The number of benzene rings is 5. The van der Waals surface area contributed by atoms with Crippen molar-refractivity contribution in [2.45, 2.75) is 177 Å². The molecule has 38 heteroatoms. The number of nitrogens with two attached hydrogens (primary N) is 5. The highest BCUT2D eigenvalue weighted by molar-refractivity contribution is 7.90. The molecule has 9 heterocycles. The normalized spacial score (nSPS) is 22.0. The molecule has 2 amide bonds. The highest BCUT2D eigenvalue weighted by Gasteiger charge is 2.37. The quantitative estimate of drug-likeness (QED) is 0.0508. The first-order valence-electron chi connectivity index (χ1n) is 38.9. The molecule has 4 atom stereocenters. The first-order chi connectivity index (χ1) is 55.1. The Morgan fingerprint density at radius 2 is 0.752 bits per heavy atom. The van der Waals surface area contributed by atoms with E-state index in [0.717, 1.165) is 71.1 Å². The van der Waals surface area contributed by atoms with E-state index in [1.165, 1.54) is 25.7 Å². The van der Waals surface area contributed by atoms with Crippen LogP contribution in [0, 0.1) is 11.8 Å². The first-order valence-corrected chi connectivity index (χ1v) is 46.9. The largest absolute Gasteiger partial charge is 0.493 e. The van der Waals surface area contributed by atoms with Crippen LogP contribution in [0.15, 0.2) is 125 Å². The van der Waals surface area contributed by atoms with E-state index in [1.54, 1.807) is 102 Å². The molecule has 0 spiro atoms. The van der Waals surface area contributed by atoms with Crippen LogP contribution in [0.4, 0.5) is 4.79 Å². The lowest BCUT2D eigenvalue weighted by Gasteiger charge is -2.29. The molecule has 636 valence electrons. The number of nitrogens with zero attached hydrogens (tertiary/aromatic N) is 8. The predicted octanol–water partition coefficient (Wildman–Crippen LogP) is 7.03. The maximum Gasteiger partial charge on any atom is 0.410 e. The fourth-order valence-electron chi connectivity index (χ4n) is 15.3. The van der Waals surface area contributed by atoms with Gasteiger partial charge in [-0.15, -0.1) is 22.0 Å². The van der Waals surface area contributed by atoms with Gasteiger partial charge in [0.1, 0.15) is 88.9 Å². The van der Waals surface area contributed by atoms with Gasteiger partial charge in [-0.3, -0.25) is 4.79 Å². The maximum absolute atomic E-state index is 12.4. The van der Waals surface area contributed by atoms with Crippen LogP contribution in [0.2, 0.25) is 0 Å². The van der Waals surface area contributed by atoms with E-state index in [-0.39, 0.29) is 94.2 Å². The van der Waals surface area contributed by atoms with E-state index >= 15 is 0 Å². The molecule has 33 nitrogen and oxygen atoms in total. The number of amides is 2. The molecule has 1 unspecified atom stereocenters. The Morgan fingerprint density at radius 3 is 1.09 bits per heavy atom. The molecular formula is C79H106N14O19S5. The van der Waals surface area contributed by atoms with Crippen LogP contribution in [-0.4, -0.2) is 193 Å². The number of rotatable bonds is 17. The smallest absolute Gasteiger partial charge is 0.410 e. The second-order valence-corrected chi connectivity index (χ2v) is 40.3. The summed E-state index contributed by atoms with van der Waals surface area (Å²) in [6.45, 7) is 23.5. The van der Waals surface area contributed by atoms with Crippen LogP contribution in [0.1, 0.15) is 175 Å². The third kappa shape index (κ3) is 23.8. The Labute approximate surface area is 685 Å². The third-order valence-corrected chi connectivity index (χ3v) is 26.2. The summed E-state index contributed by atoms with van der Waals surface area (Å²) in [6, 6.07) is 26.6. The molecule has 11 N–H and O–H groups in total. The predicted molar refractivity (Wildman–Crippen MR) is 445 cm³/mol. The molecule has 5 aromatic rings. The zero-order valence-corrected chi connectivity index (χ0v) is 71.0. The standard InChI is InChI=1S/C19H27N3O4S.C18H25N3O5S.C15H19N3O4S.C14H18N2O3S.C13H17N3O3S/c1-13(26-19(2,3)4)22-9-8-14(10-22)11-25-16-7-5-6-15-12-27(23,24)21-18(20)17(15)16;1-18(2,3)26-17(22)21-9-5-7-13(21)10-25-14-8-4-6-12-11-27(23,24)20-16(19)15(12)14;1-10(19)18-7-3-5-12(18)8-22-13-6-2-4-11-9-23(20,21)17-15(16)14(11)13;15-14-13-11(9-20(17,18)16-14)6-3-7-12(13)19-8-10-4-1-2-5-10;14-13-12-9(8-20(17,18)16-13)3-1-5-11(12)19-7-10-4-2-6-15-10/h5-7,14H,1,8-12H2,2-4H3,(H2,20,21);4,6,8,13H,5,7,9-11H2,1-3H3,(H2,19,20);2,4,6,12H,3,5,7-9H2,1H3,(H2,16,17);3,6-7,10H,1-2,4-5,8-9H2,(H2,15,16);1,3,5,10,15H,2,4,6-8H2,(H2,14,16)/t;13-;12-;;10-/m.11.1/s1. The Morgan fingerprint density at radius 1 is 0.419 bits per heavy atom. The van der Waals surface area contributed by atoms with E-state index in [0.29, 0.717) is 141 Å². The van der Waals surface area contributed by atoms with Crippen LogP contribution in [0.5, 0.6) is 28.7 Å². The summed E-state index contributed by atoms with van der Waals surface area (Å²) in [4.78, 5) is 29.6. The van der Waals surface area contributed by atoms with Crippen molar-refractivity contribution in [1.82, 2.24) is 20.0 Å². The number of hydrogen-bond donors (Lipinski definition) is 6. The fourth-order valence-corrected chi connectivity index (χ4v) is 20.8. The summed E-state index contributed by atoms with van der Waals surface area (Å²) in [5.74, 6) is 3.62. The molecule has 4 saturated heterocycles. The number of ether oxygens (including phenoxy) is 7. The number of nitrogens with one attached hydrogen (secondary N) is 1. The average molecular weight is 1720 g/mol. The van der Waals surface area contributed by atoms with Gasteiger partial charge in [-0.05, 0) is 177 Å². The molecule has 0 aromatic heterocycles. The van der Waals surface area contributed by atoms with Gasteiger partial charge in [0.15, 0.2) is 5.88 Å². The van der Waals surface area contributed by atoms with Gasteiger partial charge in [0, 0.05) is 45.1 Å². The van der Waals surface area contributed by atoms with Crippen LogP contribution >= 0.6 is 0 Å². The van der Waals surface area contributed by atoms with Gasteiger partial charge in [-0.2, -0.15) is 0 Å². The minimum absolute atomic E-state index is 0.00754. The number of sulfonamides is 5. The SMILES string of the molecule is C=C(OC(C)(C)C)N1CCC(COc2cccc3c2C(N)=NS(=O)(=O)C3)C1.CC(=O)N1CCC[C@@H]1COc1cccc2c1C(N)=NS(=O)(=O)C2.CC(C)(C)OC(=O)N1CCC[C@@H]1COc1cccc2c1C(N)=NS(=O)(=O)C2.NC1=NS(=O)(=O)Cc2cccc(OCC3CCCC3)c21.NC1=NS(=O)(=O)Cc2cccc(OC[C@H]3CCCN3)c21. The molecule has 0 bridgehead atoms. The monoisotopic (exact) mass is 1710 g/mol. The van der Waals surface area contributed by atoms with E-state index in [2.05, 4.69) is 38.8 Å². The fraction of sp³-hybridized carbons (Fsp3) is 0.506. The Hall–Kier alpha value is -9.76. The first kappa shape index (κ1) is 88.1. The van der Waals surface area contributed by atoms with E-state index in [1.807, 2.05) is 47.6 Å². The molecular weight excluding hydrogens is 1610 g/mol. The summed E-state index contributed by atoms with van der Waals surface area (Å²) in [6.07, 6.45) is 11.3. The molecule has 9 aliphatic heterocycles. The zero-order chi connectivity index (χ0) is 84.6. The molecule has 0 radical (unpaired) electrons. The van der Waals surface area contributed by atoms with Gasteiger partial charge >= 0.3 is 6.09 Å². The summed E-state index contributed by atoms with van der Waals surface area (Å²) in [5, 5.41) is 3.35. The average Bonchev–Trinajstić information content (AvgIpc) is 1.55. The van der Waals surface area contributed by atoms with Gasteiger partial charge in [0.25, 0.3) is 50.1 Å². The van der Waals surface area contributed by atoms with Crippen molar-refractivity contribution in [1.29, 1.82) is 0 Å². The van der Waals surface area contributed by atoms with Gasteiger partial charge in [-0.25, -0.2) is 46.9 Å². The topological polar surface area (TPSA) is 483 Å². The van der Waals surface area contributed by atoms with E-state index in [4.69, 9.17) is 61.8 Å². The zero-order valence-electron chi connectivity index (χ0n) is 66.9. The van der Waals surface area contributed by atoms with Crippen molar-refractivity contribution in [3.63, 3.8) is 0 Å². The molecule has 5 aromatic carbocycles. The van der Waals surface area contributed by atoms with Crippen LogP contribution in [0.3, 0.4) is 0 Å². The van der Waals surface area contributed by atoms with Crippen molar-refractivity contribution >= 4 is 91.3 Å². The summed E-state index contributed by atoms with van der Waals surface area (Å²) in [5.41, 5.74) is 34.3. The van der Waals surface area contributed by atoms with Gasteiger partial charge in [-0.1, -0.05) is 73.5 Å². The third-order valence-electron chi connectivity index (χ3n) is 20.5. The Bertz CT molecular complexity index is 5210. The molecule has 15 rings (SSSR count). The molecule has 1 aliphatic carbocycles. The Balaban J connectivity index is 0.000000144. The lowest BCUT2D eigenvalue weighted by Crippen LogP contribution is -2.42. The van der Waals surface area contributed by atoms with Crippen molar-refractivity contribution in [3.8, 4) is 28.7 Å². The number of amidine groups is 5. The van der Waals surface area contributed by atoms with E-state index < -0.39 is 55.7 Å². The molecule has 10 aliphatic rings. The Kier molecular flexibility index (Phi) is 27.6. The molecule has 5 fully saturated rings. The van der Waals surface area contributed by atoms with Crippen molar-refractivity contribution in [3.05, 3.63) is 159 Å². The second-order valence-electron chi connectivity index (χ2n) is 32.2. The lowest BCUT2D eigenvalue weighted by molar-refractivity contribution is -0.130. The summed E-state index contributed by atoms with van der Waals surface area (Å²) in [7, 11) is -17.7. The van der Waals surface area contributed by atoms with Gasteiger partial charge in [0.2, 0.25) is 5.91 Å². The van der Waals surface area contributed by atoms with E-state index in [9.17, 15) is 51.7 Å². The molecule has 1 saturated carbocycles. The second kappa shape index (κ2) is 36.6. The number of carbonyl (C=O) groups excluding carboxylic acids is 2. The lowest BCUT2D eigenvalue weighted by atomic mass is 10.1. The summed E-state index contributed by atoms with van der Waals surface area (Å²) >= 11 is 0. The number of likely N-dealkylation sites (tertiary alicyclic amines) is 3. The molecule has 117 heavy (non-hydrogen) atoms. The minimum Gasteiger partial charge on any atom is -0.493 e. The maximum atomic E-state index is 12.4. The summed E-state index contributed by atoms with van der Waals surface area (Å²) < 4.78 is 175. The van der Waals surface area contributed by atoms with Crippen LogP contribution in [0.25, 0.3) is 0 Å². The van der Waals surface area contributed by atoms with Crippen LogP contribution < -0.4 is 57.7 Å². The highest BCUT2D eigenvalue weighted by Crippen LogP contribution is 2.37. The van der Waals surface area contributed by atoms with Crippen molar-refractivity contribution in [2.75, 3.05) is 65.8 Å². The van der Waals surface area contributed by atoms with Crippen LogP contribution in [-0.2, 0) is 93.1 Å². The number of hydrogen-bond acceptors (Lipinski definition) is 26. The van der Waals surface area contributed by atoms with Crippen molar-refractivity contribution < 1.29 is 84.8 Å². The van der Waals surface area contributed by atoms with Gasteiger partial charge < -0.3 is 81.8 Å². The highest BCUT2D eigenvalue weighted by atomic mass is 32.2. The number of carbonyl (C=O) groups is 2. The van der Waals surface area contributed by atoms with Crippen molar-refractivity contribution in [2.24, 2.45) is 62.5 Å². The minimum atomic E-state index is -3.59. The van der Waals surface area contributed by atoms with Gasteiger partial charge in [0.05, 0.1) is 81.9 Å². The number of fused-ring (bicyclic) bond motifs is 5.